The summed E-state index contributed by atoms with van der Waals surface area (Å²) in [6.07, 6.45) is 0. The van der Waals surface area contributed by atoms with Crippen LogP contribution in [0.5, 0.6) is 28.7 Å². The Balaban J connectivity index is 1.62. The Morgan fingerprint density at radius 1 is 0.824 bits per heavy atom. The maximum Gasteiger partial charge on any atom is 0.203 e. The molecule has 178 valence electrons. The molecule has 0 atom stereocenters. The van der Waals surface area contributed by atoms with Crippen LogP contribution in [0.15, 0.2) is 35.7 Å². The molecule has 0 fully saturated rings. The fraction of sp³-hybridized carbons (Fsp3) is 0.217. The van der Waals surface area contributed by atoms with Crippen molar-refractivity contribution in [3.63, 3.8) is 0 Å². The summed E-state index contributed by atoms with van der Waals surface area (Å²) in [7, 11) is 7.93. The van der Waals surface area contributed by atoms with Gasteiger partial charge in [-0.1, -0.05) is 11.3 Å². The van der Waals surface area contributed by atoms with Crippen LogP contribution in [0.25, 0.3) is 21.1 Å². The molecule has 0 spiro atoms. The number of methoxy groups -OCH3 is 5. The van der Waals surface area contributed by atoms with Gasteiger partial charge in [0.15, 0.2) is 16.6 Å². The van der Waals surface area contributed by atoms with Gasteiger partial charge in [0.2, 0.25) is 5.75 Å². The number of thiazole rings is 2. The average Bonchev–Trinajstić information content (AvgIpc) is 3.49. The second kappa shape index (κ2) is 10.1. The third-order valence-corrected chi connectivity index (χ3v) is 6.93. The van der Waals surface area contributed by atoms with Gasteiger partial charge in [0, 0.05) is 34.8 Å². The van der Waals surface area contributed by atoms with Crippen molar-refractivity contribution in [2.45, 2.75) is 0 Å². The van der Waals surface area contributed by atoms with Crippen LogP contribution in [0.2, 0.25) is 0 Å². The van der Waals surface area contributed by atoms with E-state index in [1.54, 1.807) is 47.7 Å². The summed E-state index contributed by atoms with van der Waals surface area (Å²) in [5.74, 6) is 3.37. The molecule has 0 aliphatic rings. The average molecular weight is 501 g/mol. The normalized spacial score (nSPS) is 10.6. The highest BCUT2D eigenvalue weighted by molar-refractivity contribution is 7.23. The molecule has 0 radical (unpaired) electrons. The van der Waals surface area contributed by atoms with E-state index in [2.05, 4.69) is 10.3 Å². The molecule has 3 N–H and O–H groups in total. The topological polar surface area (TPSA) is 110 Å². The minimum atomic E-state index is 0.391. The summed E-state index contributed by atoms with van der Waals surface area (Å²) in [6.45, 7) is 0. The molecule has 34 heavy (non-hydrogen) atoms. The number of aromatic nitrogens is 2. The highest BCUT2D eigenvalue weighted by atomic mass is 32.1. The quantitative estimate of drug-likeness (QED) is 0.316. The van der Waals surface area contributed by atoms with Crippen molar-refractivity contribution in [3.05, 3.63) is 35.7 Å². The number of rotatable bonds is 9. The highest BCUT2D eigenvalue weighted by Gasteiger charge is 2.18. The second-order valence-corrected chi connectivity index (χ2v) is 8.73. The lowest BCUT2D eigenvalue weighted by molar-refractivity contribution is 0.324. The SMILES string of the molecule is COc1ccc(-c2csc(-c3sc(Nc4cc(OC)c(OC)c(OC)c4)nc3N)n2)c(OC)c1. The van der Waals surface area contributed by atoms with Crippen LogP contribution in [-0.2, 0) is 0 Å². The molecule has 9 nitrogen and oxygen atoms in total. The first-order valence-corrected chi connectivity index (χ1v) is 11.7. The molecule has 4 aromatic rings. The van der Waals surface area contributed by atoms with Gasteiger partial charge in [-0.05, 0) is 12.1 Å². The molecule has 0 aliphatic heterocycles. The van der Waals surface area contributed by atoms with Crippen LogP contribution in [0.3, 0.4) is 0 Å². The van der Waals surface area contributed by atoms with Gasteiger partial charge in [-0.2, -0.15) is 0 Å². The molecule has 2 aromatic carbocycles. The van der Waals surface area contributed by atoms with Gasteiger partial charge in [0.25, 0.3) is 0 Å². The molecule has 2 heterocycles. The van der Waals surface area contributed by atoms with Gasteiger partial charge in [0.1, 0.15) is 27.2 Å². The summed E-state index contributed by atoms with van der Waals surface area (Å²) >= 11 is 2.89. The number of hydrogen-bond acceptors (Lipinski definition) is 11. The van der Waals surface area contributed by atoms with Crippen molar-refractivity contribution in [3.8, 4) is 49.9 Å². The van der Waals surface area contributed by atoms with Crippen LogP contribution in [0.1, 0.15) is 0 Å². The number of benzene rings is 2. The van der Waals surface area contributed by atoms with Crippen molar-refractivity contribution in [1.29, 1.82) is 0 Å². The molecule has 0 aliphatic carbocycles. The lowest BCUT2D eigenvalue weighted by atomic mass is 10.1. The number of nitrogens with two attached hydrogens (primary N) is 1. The van der Waals surface area contributed by atoms with Crippen LogP contribution < -0.4 is 34.7 Å². The lowest BCUT2D eigenvalue weighted by Gasteiger charge is -2.14. The standard InChI is InChI=1S/C23H24N4O5S2/c1-28-13-6-7-14(16(10-13)29-2)15-11-33-22(26-15)20-21(24)27-23(34-20)25-12-8-17(30-3)19(32-5)18(9-12)31-4/h6-11H,24H2,1-5H3,(H,25,27). The molecule has 0 bridgehead atoms. The first kappa shape index (κ1) is 23.5. The number of nitrogens with zero attached hydrogens (tertiary/aromatic N) is 2. The Morgan fingerprint density at radius 3 is 2.15 bits per heavy atom. The van der Waals surface area contributed by atoms with E-state index in [0.717, 1.165) is 26.8 Å². The zero-order valence-electron chi connectivity index (χ0n) is 19.3. The maximum absolute atomic E-state index is 6.24. The van der Waals surface area contributed by atoms with E-state index in [1.807, 2.05) is 23.6 Å². The fourth-order valence-corrected chi connectivity index (χ4v) is 5.15. The van der Waals surface area contributed by atoms with Crippen molar-refractivity contribution in [1.82, 2.24) is 9.97 Å². The van der Waals surface area contributed by atoms with Crippen molar-refractivity contribution < 1.29 is 23.7 Å². The third kappa shape index (κ3) is 4.52. The first-order valence-electron chi connectivity index (χ1n) is 10.0. The largest absolute Gasteiger partial charge is 0.497 e. The number of anilines is 3. The minimum absolute atomic E-state index is 0.391. The Labute approximate surface area is 205 Å². The van der Waals surface area contributed by atoms with E-state index < -0.39 is 0 Å². The summed E-state index contributed by atoms with van der Waals surface area (Å²) in [4.78, 5) is 10.0. The Bertz CT molecular complexity index is 1280. The molecule has 4 rings (SSSR count). The molecular weight excluding hydrogens is 476 g/mol. The number of ether oxygens (including phenoxy) is 5. The van der Waals surface area contributed by atoms with E-state index in [0.29, 0.717) is 39.7 Å². The van der Waals surface area contributed by atoms with Gasteiger partial charge in [-0.15, -0.1) is 11.3 Å². The molecule has 11 heteroatoms. The van der Waals surface area contributed by atoms with Gasteiger partial charge < -0.3 is 34.7 Å². The molecule has 0 amide bonds. The van der Waals surface area contributed by atoms with Gasteiger partial charge in [-0.25, -0.2) is 9.97 Å². The van der Waals surface area contributed by atoms with E-state index in [1.165, 1.54) is 22.7 Å². The van der Waals surface area contributed by atoms with Crippen LogP contribution in [-0.4, -0.2) is 45.5 Å². The molecule has 2 aromatic heterocycles. The van der Waals surface area contributed by atoms with Crippen LogP contribution in [0, 0.1) is 0 Å². The van der Waals surface area contributed by atoms with E-state index >= 15 is 0 Å². The Kier molecular flexibility index (Phi) is 6.94. The maximum atomic E-state index is 6.24. The summed E-state index contributed by atoms with van der Waals surface area (Å²) < 4.78 is 27.0. The van der Waals surface area contributed by atoms with Crippen LogP contribution >= 0.6 is 22.7 Å². The van der Waals surface area contributed by atoms with E-state index in [-0.39, 0.29) is 0 Å². The third-order valence-electron chi connectivity index (χ3n) is 4.95. The summed E-state index contributed by atoms with van der Waals surface area (Å²) in [5, 5.41) is 6.60. The Hall–Kier alpha value is -3.70. The predicted octanol–water partition coefficient (Wildman–Crippen LogP) is 5.30. The predicted molar refractivity (Wildman–Crippen MR) is 136 cm³/mol. The Morgan fingerprint density at radius 2 is 1.53 bits per heavy atom. The van der Waals surface area contributed by atoms with Crippen molar-refractivity contribution in [2.75, 3.05) is 46.6 Å². The highest BCUT2D eigenvalue weighted by Crippen LogP contribution is 2.43. The lowest BCUT2D eigenvalue weighted by Crippen LogP contribution is -1.97. The first-order chi connectivity index (χ1) is 16.5. The van der Waals surface area contributed by atoms with Crippen molar-refractivity contribution >= 4 is 39.3 Å². The molecule has 0 saturated heterocycles. The van der Waals surface area contributed by atoms with Crippen molar-refractivity contribution in [2.24, 2.45) is 0 Å². The number of hydrogen-bond donors (Lipinski definition) is 2. The van der Waals surface area contributed by atoms with E-state index in [4.69, 9.17) is 34.4 Å². The zero-order chi connectivity index (χ0) is 24.2. The van der Waals surface area contributed by atoms with E-state index in [9.17, 15) is 0 Å². The van der Waals surface area contributed by atoms with Gasteiger partial charge >= 0.3 is 0 Å². The number of nitrogens with one attached hydrogen (secondary N) is 1. The summed E-state index contributed by atoms with van der Waals surface area (Å²) in [5.41, 5.74) is 8.61. The minimum Gasteiger partial charge on any atom is -0.497 e. The number of nitrogen functional groups attached to an aromatic ring is 1. The zero-order valence-corrected chi connectivity index (χ0v) is 20.9. The van der Waals surface area contributed by atoms with Gasteiger partial charge in [-0.3, -0.25) is 0 Å². The smallest absolute Gasteiger partial charge is 0.203 e. The molecule has 0 saturated carbocycles. The van der Waals surface area contributed by atoms with Crippen LogP contribution in [0.4, 0.5) is 16.6 Å². The fourth-order valence-electron chi connectivity index (χ4n) is 3.33. The second-order valence-electron chi connectivity index (χ2n) is 6.88. The van der Waals surface area contributed by atoms with Gasteiger partial charge in [0.05, 0.1) is 41.2 Å². The molecule has 0 unspecified atom stereocenters. The molecular formula is C23H24N4O5S2. The monoisotopic (exact) mass is 500 g/mol. The summed E-state index contributed by atoms with van der Waals surface area (Å²) in [6, 6.07) is 9.22.